The topological polar surface area (TPSA) is 145 Å². The van der Waals surface area contributed by atoms with Crippen molar-refractivity contribution in [3.05, 3.63) is 51.2 Å². The molecule has 1 unspecified atom stereocenters. The molecule has 1 aromatic carbocycles. The van der Waals surface area contributed by atoms with Gasteiger partial charge in [0.25, 0.3) is 17.5 Å². The van der Waals surface area contributed by atoms with Crippen molar-refractivity contribution in [1.29, 1.82) is 0 Å². The quantitative estimate of drug-likeness (QED) is 0.366. The van der Waals surface area contributed by atoms with Crippen molar-refractivity contribution in [1.82, 2.24) is 15.1 Å². The first kappa shape index (κ1) is 22.8. The maximum Gasteiger partial charge on any atom is 0.326 e. The highest BCUT2D eigenvalue weighted by Crippen LogP contribution is 2.25. The van der Waals surface area contributed by atoms with Crippen molar-refractivity contribution in [2.75, 3.05) is 11.9 Å². The number of esters is 1. The van der Waals surface area contributed by atoms with Gasteiger partial charge >= 0.3 is 5.97 Å². The van der Waals surface area contributed by atoms with Gasteiger partial charge in [-0.25, -0.2) is 4.68 Å². The number of nitro groups is 1. The predicted molar refractivity (Wildman–Crippen MR) is 107 cm³/mol. The van der Waals surface area contributed by atoms with Gasteiger partial charge in [-0.05, 0) is 32.9 Å². The summed E-state index contributed by atoms with van der Waals surface area (Å²) >= 11 is 5.70. The fourth-order valence-corrected chi connectivity index (χ4v) is 2.58. The SMILES string of the molecule is CC(OC(=O)CNC(=O)c1ccc(Cl)c([N+](=O)[O-])c1)C(=O)Nc1ccnn1C(C)C. The number of hydrogen-bond donors (Lipinski definition) is 2. The summed E-state index contributed by atoms with van der Waals surface area (Å²) in [6.07, 6.45) is 0.407. The Morgan fingerprint density at radius 2 is 1.97 bits per heavy atom. The Balaban J connectivity index is 1.88. The standard InChI is InChI=1S/C18H20ClN5O6/c1-10(2)23-15(6-7-21-23)22-17(26)11(3)30-16(25)9-20-18(27)12-4-5-13(19)14(8-12)24(28)29/h4-8,10-11H,9H2,1-3H3,(H,20,27)(H,22,26). The molecule has 11 nitrogen and oxygen atoms in total. The molecule has 1 heterocycles. The molecular formula is C18H20ClN5O6. The van der Waals surface area contributed by atoms with Crippen LogP contribution in [0.4, 0.5) is 11.5 Å². The second-order valence-corrected chi connectivity index (χ2v) is 6.89. The largest absolute Gasteiger partial charge is 0.451 e. The van der Waals surface area contributed by atoms with Crippen LogP contribution in [-0.2, 0) is 14.3 Å². The van der Waals surface area contributed by atoms with Gasteiger partial charge in [-0.15, -0.1) is 0 Å². The molecule has 0 spiro atoms. The third-order valence-corrected chi connectivity index (χ3v) is 4.21. The molecule has 12 heteroatoms. The van der Waals surface area contributed by atoms with Gasteiger partial charge in [-0.3, -0.25) is 24.5 Å². The summed E-state index contributed by atoms with van der Waals surface area (Å²) in [5.41, 5.74) is -0.482. The number of rotatable bonds is 8. The summed E-state index contributed by atoms with van der Waals surface area (Å²) < 4.78 is 6.60. The van der Waals surface area contributed by atoms with E-state index in [0.717, 1.165) is 6.07 Å². The molecule has 0 aliphatic heterocycles. The molecule has 0 aliphatic rings. The Labute approximate surface area is 176 Å². The Morgan fingerprint density at radius 1 is 1.27 bits per heavy atom. The molecule has 0 fully saturated rings. The van der Waals surface area contributed by atoms with E-state index in [4.69, 9.17) is 16.3 Å². The minimum absolute atomic E-state index is 0.0204. The molecule has 30 heavy (non-hydrogen) atoms. The molecule has 0 saturated carbocycles. The maximum absolute atomic E-state index is 12.2. The van der Waals surface area contributed by atoms with E-state index in [0.29, 0.717) is 5.82 Å². The van der Waals surface area contributed by atoms with Gasteiger partial charge in [-0.2, -0.15) is 5.10 Å². The van der Waals surface area contributed by atoms with Crippen LogP contribution in [0.1, 0.15) is 37.2 Å². The van der Waals surface area contributed by atoms with Crippen LogP contribution >= 0.6 is 11.6 Å². The molecule has 160 valence electrons. The van der Waals surface area contributed by atoms with Crippen LogP contribution < -0.4 is 10.6 Å². The lowest BCUT2D eigenvalue weighted by Gasteiger charge is -2.16. The summed E-state index contributed by atoms with van der Waals surface area (Å²) in [6.45, 7) is 4.64. The number of nitro benzene ring substituents is 1. The average Bonchev–Trinajstić information content (AvgIpc) is 3.14. The van der Waals surface area contributed by atoms with Crippen LogP contribution in [0.25, 0.3) is 0 Å². The highest BCUT2D eigenvalue weighted by atomic mass is 35.5. The van der Waals surface area contributed by atoms with Gasteiger partial charge < -0.3 is 15.4 Å². The summed E-state index contributed by atoms with van der Waals surface area (Å²) in [5.74, 6) is -1.70. The monoisotopic (exact) mass is 437 g/mol. The maximum atomic E-state index is 12.2. The van der Waals surface area contributed by atoms with Crippen molar-refractivity contribution in [2.24, 2.45) is 0 Å². The average molecular weight is 438 g/mol. The third kappa shape index (κ3) is 5.77. The molecule has 1 atom stereocenters. The minimum atomic E-state index is -1.12. The van der Waals surface area contributed by atoms with Crippen LogP contribution in [-0.4, -0.2) is 45.1 Å². The van der Waals surface area contributed by atoms with Crippen LogP contribution in [0.3, 0.4) is 0 Å². The molecule has 2 rings (SSSR count). The number of anilines is 1. The Kier molecular flexibility index (Phi) is 7.48. The molecular weight excluding hydrogens is 418 g/mol. The fourth-order valence-electron chi connectivity index (χ4n) is 2.39. The lowest BCUT2D eigenvalue weighted by Crippen LogP contribution is -2.36. The molecule has 0 bridgehead atoms. The minimum Gasteiger partial charge on any atom is -0.451 e. The Hall–Kier alpha value is -3.47. The molecule has 0 aliphatic carbocycles. The number of carbonyl (C=O) groups is 3. The van der Waals surface area contributed by atoms with Gasteiger partial charge in [0.15, 0.2) is 6.10 Å². The molecule has 2 amide bonds. The van der Waals surface area contributed by atoms with E-state index >= 15 is 0 Å². The van der Waals surface area contributed by atoms with Crippen LogP contribution in [0.2, 0.25) is 5.02 Å². The molecule has 0 saturated heterocycles. The molecule has 1 aromatic heterocycles. The van der Waals surface area contributed by atoms with E-state index in [1.807, 2.05) is 13.8 Å². The van der Waals surface area contributed by atoms with E-state index in [9.17, 15) is 24.5 Å². The van der Waals surface area contributed by atoms with E-state index < -0.39 is 41.0 Å². The zero-order valence-electron chi connectivity index (χ0n) is 16.4. The smallest absolute Gasteiger partial charge is 0.326 e. The lowest BCUT2D eigenvalue weighted by molar-refractivity contribution is -0.384. The van der Waals surface area contributed by atoms with E-state index in [2.05, 4.69) is 15.7 Å². The number of benzene rings is 1. The first-order chi connectivity index (χ1) is 14.1. The van der Waals surface area contributed by atoms with Gasteiger partial charge in [-0.1, -0.05) is 11.6 Å². The molecule has 0 radical (unpaired) electrons. The van der Waals surface area contributed by atoms with Crippen molar-refractivity contribution >= 4 is 40.9 Å². The van der Waals surface area contributed by atoms with Gasteiger partial charge in [0, 0.05) is 23.7 Å². The van der Waals surface area contributed by atoms with Gasteiger partial charge in [0.05, 0.1) is 11.1 Å². The normalized spacial score (nSPS) is 11.6. The summed E-state index contributed by atoms with van der Waals surface area (Å²) in [4.78, 5) is 46.4. The number of carbonyl (C=O) groups excluding carboxylic acids is 3. The molecule has 2 N–H and O–H groups in total. The second-order valence-electron chi connectivity index (χ2n) is 6.48. The van der Waals surface area contributed by atoms with Crippen molar-refractivity contribution < 1.29 is 24.0 Å². The highest BCUT2D eigenvalue weighted by Gasteiger charge is 2.21. The number of hydrogen-bond acceptors (Lipinski definition) is 7. The Bertz CT molecular complexity index is 974. The zero-order valence-corrected chi connectivity index (χ0v) is 17.2. The van der Waals surface area contributed by atoms with Crippen LogP contribution in [0.15, 0.2) is 30.5 Å². The zero-order chi connectivity index (χ0) is 22.4. The summed E-state index contributed by atoms with van der Waals surface area (Å²) in [7, 11) is 0. The van der Waals surface area contributed by atoms with Crippen molar-refractivity contribution in [2.45, 2.75) is 32.9 Å². The first-order valence-electron chi connectivity index (χ1n) is 8.86. The van der Waals surface area contributed by atoms with Crippen molar-refractivity contribution in [3.8, 4) is 0 Å². The van der Waals surface area contributed by atoms with E-state index in [-0.39, 0.29) is 16.6 Å². The second kappa shape index (κ2) is 9.83. The van der Waals surface area contributed by atoms with Gasteiger partial charge in [0.2, 0.25) is 0 Å². The van der Waals surface area contributed by atoms with E-state index in [1.54, 1.807) is 10.7 Å². The van der Waals surface area contributed by atoms with Crippen molar-refractivity contribution in [3.63, 3.8) is 0 Å². The van der Waals surface area contributed by atoms with Crippen LogP contribution in [0, 0.1) is 10.1 Å². The Morgan fingerprint density at radius 3 is 2.60 bits per heavy atom. The number of amides is 2. The highest BCUT2D eigenvalue weighted by molar-refractivity contribution is 6.32. The van der Waals surface area contributed by atoms with Gasteiger partial charge in [0.1, 0.15) is 17.4 Å². The number of nitrogens with one attached hydrogen (secondary N) is 2. The fraction of sp³-hybridized carbons (Fsp3) is 0.333. The number of nitrogens with zero attached hydrogens (tertiary/aromatic N) is 3. The van der Waals surface area contributed by atoms with E-state index in [1.165, 1.54) is 25.3 Å². The van der Waals surface area contributed by atoms with Crippen LogP contribution in [0.5, 0.6) is 0 Å². The number of halogens is 1. The number of ether oxygens (including phenoxy) is 1. The summed E-state index contributed by atoms with van der Waals surface area (Å²) in [6, 6.07) is 5.12. The third-order valence-electron chi connectivity index (χ3n) is 3.89. The first-order valence-corrected chi connectivity index (χ1v) is 9.24. The lowest BCUT2D eigenvalue weighted by atomic mass is 10.2. The molecule has 2 aromatic rings. The predicted octanol–water partition coefficient (Wildman–Crippen LogP) is 2.33. The number of aromatic nitrogens is 2. The summed E-state index contributed by atoms with van der Waals surface area (Å²) in [5, 5.41) is 19.7.